The highest BCUT2D eigenvalue weighted by atomic mass is 16.1. The first-order chi connectivity index (χ1) is 12.8. The molecule has 5 nitrogen and oxygen atoms in total. The highest BCUT2D eigenvalue weighted by Crippen LogP contribution is 2.18. The van der Waals surface area contributed by atoms with E-state index in [0.29, 0.717) is 17.0 Å². The van der Waals surface area contributed by atoms with Gasteiger partial charge in [0, 0.05) is 16.7 Å². The van der Waals surface area contributed by atoms with Crippen LogP contribution in [0.2, 0.25) is 0 Å². The van der Waals surface area contributed by atoms with E-state index in [9.17, 15) is 4.79 Å². The number of rotatable bonds is 9. The first-order valence-electron chi connectivity index (χ1n) is 9.25. The van der Waals surface area contributed by atoms with Crippen LogP contribution in [0.5, 0.6) is 0 Å². The van der Waals surface area contributed by atoms with E-state index >= 15 is 0 Å². The number of hydrogen-bond acceptors (Lipinski definition) is 4. The molecule has 3 aromatic rings. The van der Waals surface area contributed by atoms with Crippen LogP contribution < -0.4 is 0 Å². The zero-order valence-corrected chi connectivity index (χ0v) is 15.1. The fourth-order valence-electron chi connectivity index (χ4n) is 3.01. The third-order valence-electron chi connectivity index (χ3n) is 4.51. The number of ketones is 1. The number of tetrazole rings is 1. The van der Waals surface area contributed by atoms with Gasteiger partial charge in [0.15, 0.2) is 5.78 Å². The number of carbonyl (C=O) groups is 1. The lowest BCUT2D eigenvalue weighted by Crippen LogP contribution is -2.02. The molecule has 0 aliphatic rings. The molecule has 1 heterocycles. The largest absolute Gasteiger partial charge is 0.289 e. The molecule has 26 heavy (non-hydrogen) atoms. The minimum atomic E-state index is 0.00448. The van der Waals surface area contributed by atoms with Gasteiger partial charge in [-0.05, 0) is 29.7 Å². The summed E-state index contributed by atoms with van der Waals surface area (Å²) < 4.78 is 0. The standard InChI is InChI=1S/C21H24N4O/c1-2-3-4-5-6-8-16-11-13-17(14-12-16)20(26)18-9-7-10-19(15-18)21-22-24-25-23-21/h7,9-15H,2-6,8H2,1H3,(H,22,23,24,25). The van der Waals surface area contributed by atoms with Crippen molar-refractivity contribution in [2.75, 3.05) is 0 Å². The van der Waals surface area contributed by atoms with Gasteiger partial charge in [0.05, 0.1) is 0 Å². The van der Waals surface area contributed by atoms with E-state index in [1.807, 2.05) is 30.3 Å². The van der Waals surface area contributed by atoms with Gasteiger partial charge in [-0.25, -0.2) is 0 Å². The fourth-order valence-corrected chi connectivity index (χ4v) is 3.01. The van der Waals surface area contributed by atoms with E-state index in [4.69, 9.17) is 0 Å². The second kappa shape index (κ2) is 9.04. The summed E-state index contributed by atoms with van der Waals surface area (Å²) in [5, 5.41) is 13.9. The summed E-state index contributed by atoms with van der Waals surface area (Å²) >= 11 is 0. The van der Waals surface area contributed by atoms with Crippen molar-refractivity contribution in [3.05, 3.63) is 65.2 Å². The lowest BCUT2D eigenvalue weighted by Gasteiger charge is -2.05. The molecule has 5 heteroatoms. The van der Waals surface area contributed by atoms with Crippen molar-refractivity contribution in [3.63, 3.8) is 0 Å². The molecule has 0 bridgehead atoms. The summed E-state index contributed by atoms with van der Waals surface area (Å²) in [6.45, 7) is 2.23. The minimum Gasteiger partial charge on any atom is -0.289 e. The first-order valence-corrected chi connectivity index (χ1v) is 9.25. The highest BCUT2D eigenvalue weighted by Gasteiger charge is 2.11. The molecule has 3 rings (SSSR count). The lowest BCUT2D eigenvalue weighted by atomic mass is 9.98. The number of benzene rings is 2. The van der Waals surface area contributed by atoms with Gasteiger partial charge in [-0.1, -0.05) is 75.1 Å². The summed E-state index contributed by atoms with van der Waals surface area (Å²) in [5.41, 5.74) is 3.39. The third-order valence-corrected chi connectivity index (χ3v) is 4.51. The second-order valence-electron chi connectivity index (χ2n) is 6.51. The summed E-state index contributed by atoms with van der Waals surface area (Å²) in [7, 11) is 0. The van der Waals surface area contributed by atoms with Crippen molar-refractivity contribution < 1.29 is 4.79 Å². The molecule has 1 N–H and O–H groups in total. The maximum atomic E-state index is 12.7. The van der Waals surface area contributed by atoms with Crippen LogP contribution in [0.15, 0.2) is 48.5 Å². The molecule has 0 aliphatic heterocycles. The average Bonchev–Trinajstić information content (AvgIpc) is 3.23. The number of nitrogens with one attached hydrogen (secondary N) is 1. The fraction of sp³-hybridized carbons (Fsp3) is 0.333. The Morgan fingerprint density at radius 2 is 1.77 bits per heavy atom. The molecule has 0 aliphatic carbocycles. The van der Waals surface area contributed by atoms with Crippen molar-refractivity contribution in [2.45, 2.75) is 45.4 Å². The van der Waals surface area contributed by atoms with E-state index < -0.39 is 0 Å². The zero-order chi connectivity index (χ0) is 18.2. The van der Waals surface area contributed by atoms with Crippen LogP contribution in [0.3, 0.4) is 0 Å². The summed E-state index contributed by atoms with van der Waals surface area (Å²) in [5.74, 6) is 0.489. The van der Waals surface area contributed by atoms with E-state index in [-0.39, 0.29) is 5.78 Å². The van der Waals surface area contributed by atoms with Crippen LogP contribution >= 0.6 is 0 Å². The third kappa shape index (κ3) is 4.63. The Labute approximate surface area is 153 Å². The van der Waals surface area contributed by atoms with Crippen LogP contribution in [0.25, 0.3) is 11.4 Å². The molecule has 0 saturated carbocycles. The van der Waals surface area contributed by atoms with Gasteiger partial charge in [0.1, 0.15) is 0 Å². The van der Waals surface area contributed by atoms with Crippen LogP contribution in [0.4, 0.5) is 0 Å². The van der Waals surface area contributed by atoms with Gasteiger partial charge in [-0.15, -0.1) is 10.2 Å². The Bertz CT molecular complexity index is 825. The monoisotopic (exact) mass is 348 g/mol. The number of unbranched alkanes of at least 4 members (excludes halogenated alkanes) is 4. The molecular formula is C21H24N4O. The number of aryl methyl sites for hydroxylation is 1. The lowest BCUT2D eigenvalue weighted by molar-refractivity contribution is 0.103. The molecule has 0 amide bonds. The molecule has 134 valence electrons. The van der Waals surface area contributed by atoms with Crippen LogP contribution in [-0.2, 0) is 6.42 Å². The topological polar surface area (TPSA) is 71.5 Å². The van der Waals surface area contributed by atoms with Crippen LogP contribution in [0, 0.1) is 0 Å². The van der Waals surface area contributed by atoms with E-state index in [1.54, 1.807) is 6.07 Å². The molecule has 0 saturated heterocycles. The molecular weight excluding hydrogens is 324 g/mol. The maximum Gasteiger partial charge on any atom is 0.204 e. The minimum absolute atomic E-state index is 0.00448. The Morgan fingerprint density at radius 3 is 2.50 bits per heavy atom. The van der Waals surface area contributed by atoms with Crippen LogP contribution in [0.1, 0.15) is 60.5 Å². The molecule has 0 fully saturated rings. The first kappa shape index (κ1) is 18.0. The maximum absolute atomic E-state index is 12.7. The van der Waals surface area contributed by atoms with Crippen molar-refractivity contribution in [2.24, 2.45) is 0 Å². The number of aromatic amines is 1. The van der Waals surface area contributed by atoms with Crippen molar-refractivity contribution in [3.8, 4) is 11.4 Å². The molecule has 0 unspecified atom stereocenters. The van der Waals surface area contributed by atoms with Gasteiger partial charge >= 0.3 is 0 Å². The molecule has 0 spiro atoms. The van der Waals surface area contributed by atoms with E-state index in [0.717, 1.165) is 12.0 Å². The van der Waals surface area contributed by atoms with Crippen molar-refractivity contribution in [1.82, 2.24) is 20.6 Å². The Hall–Kier alpha value is -2.82. The average molecular weight is 348 g/mol. The summed E-state index contributed by atoms with van der Waals surface area (Å²) in [6.07, 6.45) is 7.45. The number of hydrogen-bond donors (Lipinski definition) is 1. The van der Waals surface area contributed by atoms with Gasteiger partial charge in [0.25, 0.3) is 0 Å². The van der Waals surface area contributed by atoms with Gasteiger partial charge in [0.2, 0.25) is 5.82 Å². The van der Waals surface area contributed by atoms with Crippen LogP contribution in [-0.4, -0.2) is 26.4 Å². The Kier molecular flexibility index (Phi) is 6.25. The van der Waals surface area contributed by atoms with E-state index in [1.165, 1.54) is 37.7 Å². The predicted molar refractivity (Wildman–Crippen MR) is 102 cm³/mol. The molecule has 1 aromatic heterocycles. The summed E-state index contributed by atoms with van der Waals surface area (Å²) in [4.78, 5) is 12.7. The number of carbonyl (C=O) groups excluding carboxylic acids is 1. The van der Waals surface area contributed by atoms with E-state index in [2.05, 4.69) is 39.7 Å². The number of H-pyrrole nitrogens is 1. The van der Waals surface area contributed by atoms with Crippen molar-refractivity contribution in [1.29, 1.82) is 0 Å². The highest BCUT2D eigenvalue weighted by molar-refractivity contribution is 6.09. The normalized spacial score (nSPS) is 10.8. The Morgan fingerprint density at radius 1 is 0.962 bits per heavy atom. The SMILES string of the molecule is CCCCCCCc1ccc(C(=O)c2cccc(-c3nn[nH]n3)c2)cc1. The smallest absolute Gasteiger partial charge is 0.204 e. The number of aromatic nitrogens is 4. The Balaban J connectivity index is 1.64. The quantitative estimate of drug-likeness (QED) is 0.453. The summed E-state index contributed by atoms with van der Waals surface area (Å²) in [6, 6.07) is 15.3. The zero-order valence-electron chi connectivity index (χ0n) is 15.1. The van der Waals surface area contributed by atoms with Gasteiger partial charge < -0.3 is 0 Å². The molecule has 0 atom stereocenters. The number of nitrogens with zero attached hydrogens (tertiary/aromatic N) is 3. The molecule has 0 radical (unpaired) electrons. The predicted octanol–water partition coefficient (Wildman–Crippen LogP) is 4.61. The van der Waals surface area contributed by atoms with Crippen molar-refractivity contribution >= 4 is 5.78 Å². The van der Waals surface area contributed by atoms with Gasteiger partial charge in [-0.2, -0.15) is 5.21 Å². The van der Waals surface area contributed by atoms with Gasteiger partial charge in [-0.3, -0.25) is 4.79 Å². The molecule has 2 aromatic carbocycles. The second-order valence-corrected chi connectivity index (χ2v) is 6.51.